The Morgan fingerprint density at radius 1 is 1.44 bits per heavy atom. The largest absolute Gasteiger partial charge is 0.370 e. The Kier molecular flexibility index (Phi) is 4.88. The van der Waals surface area contributed by atoms with Gasteiger partial charge in [-0.05, 0) is 33.8 Å². The van der Waals surface area contributed by atoms with Crippen LogP contribution >= 0.6 is 0 Å². The Labute approximate surface area is 107 Å². The Balaban J connectivity index is 3.25. The predicted octanol–water partition coefficient (Wildman–Crippen LogP) is 2.66. The highest BCUT2D eigenvalue weighted by Crippen LogP contribution is 2.28. The van der Waals surface area contributed by atoms with Crippen LogP contribution < -0.4 is 10.2 Å². The molecular weight excluding hydrogens is 232 g/mol. The van der Waals surface area contributed by atoms with E-state index in [2.05, 4.69) is 10.3 Å². The molecule has 1 heterocycles. The number of nitrogens with zero attached hydrogens (tertiary/aromatic N) is 3. The minimum Gasteiger partial charge on any atom is -0.370 e. The van der Waals surface area contributed by atoms with Crippen molar-refractivity contribution in [1.29, 1.82) is 0 Å². The van der Waals surface area contributed by atoms with Gasteiger partial charge in [0.2, 0.25) is 5.82 Å². The summed E-state index contributed by atoms with van der Waals surface area (Å²) in [7, 11) is 0. The summed E-state index contributed by atoms with van der Waals surface area (Å²) in [6, 6.07) is 3.31. The fourth-order valence-electron chi connectivity index (χ4n) is 1.83. The minimum atomic E-state index is -0.386. The summed E-state index contributed by atoms with van der Waals surface area (Å²) in [5.41, 5.74) is 0.0483. The van der Waals surface area contributed by atoms with E-state index in [4.69, 9.17) is 0 Å². The number of pyridine rings is 1. The quantitative estimate of drug-likeness (QED) is 0.622. The van der Waals surface area contributed by atoms with Gasteiger partial charge >= 0.3 is 5.69 Å². The Morgan fingerprint density at radius 3 is 2.56 bits per heavy atom. The number of hydrogen-bond donors (Lipinski definition) is 1. The number of hydrogen-bond acceptors (Lipinski definition) is 5. The standard InChI is InChI=1S/C12H20N4O2/c1-5-13-11-8-7-10(16(17)18)12(14-11)15(6-2)9(3)4/h7-9H,5-6H2,1-4H3,(H,13,14). The lowest BCUT2D eigenvalue weighted by Crippen LogP contribution is -2.31. The van der Waals surface area contributed by atoms with Crippen molar-refractivity contribution < 1.29 is 4.92 Å². The van der Waals surface area contributed by atoms with Gasteiger partial charge < -0.3 is 10.2 Å². The number of aromatic nitrogens is 1. The van der Waals surface area contributed by atoms with Crippen molar-refractivity contribution in [1.82, 2.24) is 4.98 Å². The number of nitrogens with one attached hydrogen (secondary N) is 1. The molecule has 0 radical (unpaired) electrons. The molecule has 1 aromatic rings. The van der Waals surface area contributed by atoms with Crippen LogP contribution in [0, 0.1) is 10.1 Å². The highest BCUT2D eigenvalue weighted by atomic mass is 16.6. The molecule has 6 heteroatoms. The average molecular weight is 252 g/mol. The summed E-state index contributed by atoms with van der Waals surface area (Å²) in [5.74, 6) is 1.09. The van der Waals surface area contributed by atoms with Gasteiger partial charge in [0.15, 0.2) is 0 Å². The first-order valence-corrected chi connectivity index (χ1v) is 6.17. The van der Waals surface area contributed by atoms with Crippen LogP contribution in [0.4, 0.5) is 17.3 Å². The van der Waals surface area contributed by atoms with E-state index in [-0.39, 0.29) is 16.7 Å². The van der Waals surface area contributed by atoms with Gasteiger partial charge in [0, 0.05) is 25.2 Å². The van der Waals surface area contributed by atoms with Gasteiger partial charge in [-0.25, -0.2) is 4.98 Å². The molecule has 1 aromatic heterocycles. The summed E-state index contributed by atoms with van der Waals surface area (Å²) in [5, 5.41) is 14.1. The third-order valence-corrected chi connectivity index (χ3v) is 2.65. The summed E-state index contributed by atoms with van der Waals surface area (Å²) in [6.45, 7) is 9.33. The van der Waals surface area contributed by atoms with Crippen LogP contribution in [0.3, 0.4) is 0 Å². The molecule has 6 nitrogen and oxygen atoms in total. The topological polar surface area (TPSA) is 71.3 Å². The lowest BCUT2D eigenvalue weighted by Gasteiger charge is -2.26. The molecule has 0 aliphatic carbocycles. The molecule has 0 atom stereocenters. The predicted molar refractivity (Wildman–Crippen MR) is 73.2 cm³/mol. The second-order valence-electron chi connectivity index (χ2n) is 4.21. The molecule has 1 N–H and O–H groups in total. The molecule has 0 bridgehead atoms. The zero-order valence-electron chi connectivity index (χ0n) is 11.3. The van der Waals surface area contributed by atoms with Crippen molar-refractivity contribution in [3.63, 3.8) is 0 Å². The summed E-state index contributed by atoms with van der Waals surface area (Å²) in [6.07, 6.45) is 0. The van der Waals surface area contributed by atoms with Crippen LogP contribution in [-0.2, 0) is 0 Å². The Bertz CT molecular complexity index is 421. The highest BCUT2D eigenvalue weighted by molar-refractivity contribution is 5.62. The van der Waals surface area contributed by atoms with Crippen LogP contribution in [-0.4, -0.2) is 29.0 Å². The van der Waals surface area contributed by atoms with E-state index in [9.17, 15) is 10.1 Å². The summed E-state index contributed by atoms with van der Waals surface area (Å²) in [4.78, 5) is 16.9. The maximum absolute atomic E-state index is 11.1. The normalized spacial score (nSPS) is 10.5. The van der Waals surface area contributed by atoms with Gasteiger partial charge in [-0.3, -0.25) is 10.1 Å². The van der Waals surface area contributed by atoms with Gasteiger partial charge in [0.25, 0.3) is 0 Å². The van der Waals surface area contributed by atoms with E-state index in [1.54, 1.807) is 6.07 Å². The minimum absolute atomic E-state index is 0.0483. The van der Waals surface area contributed by atoms with E-state index in [0.717, 1.165) is 6.54 Å². The maximum Gasteiger partial charge on any atom is 0.311 e. The fourth-order valence-corrected chi connectivity index (χ4v) is 1.83. The summed E-state index contributed by atoms with van der Waals surface area (Å²) >= 11 is 0. The van der Waals surface area contributed by atoms with Gasteiger partial charge in [-0.2, -0.15) is 0 Å². The molecule has 0 saturated carbocycles. The Hall–Kier alpha value is -1.85. The van der Waals surface area contributed by atoms with Crippen molar-refractivity contribution in [3.8, 4) is 0 Å². The van der Waals surface area contributed by atoms with Crippen molar-refractivity contribution in [3.05, 3.63) is 22.2 Å². The van der Waals surface area contributed by atoms with Crippen molar-refractivity contribution in [2.75, 3.05) is 23.3 Å². The van der Waals surface area contributed by atoms with Crippen molar-refractivity contribution in [2.24, 2.45) is 0 Å². The molecule has 0 spiro atoms. The van der Waals surface area contributed by atoms with Crippen LogP contribution in [0.2, 0.25) is 0 Å². The molecular formula is C12H20N4O2. The monoisotopic (exact) mass is 252 g/mol. The maximum atomic E-state index is 11.1. The van der Waals surface area contributed by atoms with E-state index in [0.29, 0.717) is 18.2 Å². The van der Waals surface area contributed by atoms with E-state index in [1.165, 1.54) is 6.07 Å². The Morgan fingerprint density at radius 2 is 2.11 bits per heavy atom. The number of rotatable bonds is 6. The molecule has 1 rings (SSSR count). The smallest absolute Gasteiger partial charge is 0.311 e. The van der Waals surface area contributed by atoms with Crippen LogP contribution in [0.5, 0.6) is 0 Å². The first-order valence-electron chi connectivity index (χ1n) is 6.17. The molecule has 0 aromatic carbocycles. The van der Waals surface area contributed by atoms with E-state index >= 15 is 0 Å². The molecule has 0 saturated heterocycles. The highest BCUT2D eigenvalue weighted by Gasteiger charge is 2.22. The van der Waals surface area contributed by atoms with Crippen LogP contribution in [0.15, 0.2) is 12.1 Å². The molecule has 0 aliphatic heterocycles. The SMILES string of the molecule is CCNc1ccc([N+](=O)[O-])c(N(CC)C(C)C)n1. The summed E-state index contributed by atoms with van der Waals surface area (Å²) < 4.78 is 0. The first-order chi connectivity index (χ1) is 8.51. The fraction of sp³-hybridized carbons (Fsp3) is 0.583. The van der Waals surface area contributed by atoms with Crippen LogP contribution in [0.25, 0.3) is 0 Å². The lowest BCUT2D eigenvalue weighted by atomic mass is 10.2. The molecule has 18 heavy (non-hydrogen) atoms. The number of nitro groups is 1. The van der Waals surface area contributed by atoms with E-state index in [1.807, 2.05) is 32.6 Å². The third kappa shape index (κ3) is 3.09. The van der Waals surface area contributed by atoms with Crippen molar-refractivity contribution in [2.45, 2.75) is 33.7 Å². The van der Waals surface area contributed by atoms with Crippen molar-refractivity contribution >= 4 is 17.3 Å². The molecule has 0 fully saturated rings. The lowest BCUT2D eigenvalue weighted by molar-refractivity contribution is -0.384. The molecule has 0 aliphatic rings. The third-order valence-electron chi connectivity index (χ3n) is 2.65. The molecule has 0 amide bonds. The second-order valence-corrected chi connectivity index (χ2v) is 4.21. The first kappa shape index (κ1) is 14.2. The van der Waals surface area contributed by atoms with Gasteiger partial charge in [-0.15, -0.1) is 0 Å². The zero-order valence-corrected chi connectivity index (χ0v) is 11.3. The van der Waals surface area contributed by atoms with Gasteiger partial charge in [-0.1, -0.05) is 0 Å². The van der Waals surface area contributed by atoms with Crippen LogP contribution in [0.1, 0.15) is 27.7 Å². The average Bonchev–Trinajstić information content (AvgIpc) is 2.29. The van der Waals surface area contributed by atoms with Gasteiger partial charge in [0.05, 0.1) is 4.92 Å². The van der Waals surface area contributed by atoms with E-state index < -0.39 is 0 Å². The zero-order chi connectivity index (χ0) is 13.7. The second kappa shape index (κ2) is 6.18. The molecule has 0 unspecified atom stereocenters. The van der Waals surface area contributed by atoms with Gasteiger partial charge in [0.1, 0.15) is 5.82 Å². The number of anilines is 2. The molecule has 100 valence electrons.